The Balaban J connectivity index is 2.09. The van der Waals surface area contributed by atoms with Gasteiger partial charge in [-0.15, -0.1) is 0 Å². The second kappa shape index (κ2) is 7.00. The summed E-state index contributed by atoms with van der Waals surface area (Å²) in [6, 6.07) is -0.804. The van der Waals surface area contributed by atoms with Crippen LogP contribution in [-0.2, 0) is 6.54 Å². The Morgan fingerprint density at radius 1 is 1.46 bits per heavy atom. The van der Waals surface area contributed by atoms with Gasteiger partial charge in [0.2, 0.25) is 0 Å². The van der Waals surface area contributed by atoms with E-state index in [2.05, 4.69) is 10.4 Å². The summed E-state index contributed by atoms with van der Waals surface area (Å²) in [5, 5.41) is 16.4. The van der Waals surface area contributed by atoms with Crippen LogP contribution >= 0.6 is 0 Å². The average molecular weight is 348 g/mol. The fraction of sp³-hybridized carbons (Fsp3) is 0.733. The molecule has 2 atom stereocenters. The first kappa shape index (κ1) is 18.6. The number of carbonyl (C=O) groups is 1. The van der Waals surface area contributed by atoms with Crippen LogP contribution in [0.25, 0.3) is 0 Å². The van der Waals surface area contributed by atoms with Gasteiger partial charge in [0.05, 0.1) is 17.8 Å². The van der Waals surface area contributed by atoms with Crippen molar-refractivity contribution in [1.82, 2.24) is 20.0 Å². The number of alkyl halides is 3. The number of piperidine rings is 1. The average Bonchev–Trinajstić information content (AvgIpc) is 2.71. The highest BCUT2D eigenvalue weighted by Crippen LogP contribution is 2.25. The van der Waals surface area contributed by atoms with E-state index in [9.17, 15) is 23.1 Å². The summed E-state index contributed by atoms with van der Waals surface area (Å²) < 4.78 is 38.7. The van der Waals surface area contributed by atoms with Crippen LogP contribution in [0.3, 0.4) is 0 Å². The molecule has 0 aromatic carbocycles. The van der Waals surface area contributed by atoms with E-state index in [1.165, 1.54) is 4.90 Å². The van der Waals surface area contributed by atoms with Gasteiger partial charge in [-0.25, -0.2) is 4.79 Å². The van der Waals surface area contributed by atoms with E-state index in [0.29, 0.717) is 29.9 Å². The van der Waals surface area contributed by atoms with Gasteiger partial charge >= 0.3 is 12.2 Å². The number of likely N-dealkylation sites (tertiary alicyclic amines) is 1. The van der Waals surface area contributed by atoms with Gasteiger partial charge in [-0.05, 0) is 33.6 Å². The van der Waals surface area contributed by atoms with Crippen LogP contribution in [0.1, 0.15) is 42.8 Å². The summed E-state index contributed by atoms with van der Waals surface area (Å²) in [5.74, 6) is 0. The Labute approximate surface area is 138 Å². The molecular formula is C15H23F3N4O2. The molecule has 136 valence electrons. The van der Waals surface area contributed by atoms with Crippen LogP contribution in [0.4, 0.5) is 18.0 Å². The number of rotatable bonds is 3. The second-order valence-corrected chi connectivity index (χ2v) is 6.27. The first-order chi connectivity index (χ1) is 11.1. The monoisotopic (exact) mass is 348 g/mol. The molecule has 1 aromatic heterocycles. The minimum absolute atomic E-state index is 0.268. The molecular weight excluding hydrogens is 325 g/mol. The highest BCUT2D eigenvalue weighted by molar-refractivity contribution is 5.75. The lowest BCUT2D eigenvalue weighted by atomic mass is 10.1. The van der Waals surface area contributed by atoms with Gasteiger partial charge in [0, 0.05) is 24.3 Å². The van der Waals surface area contributed by atoms with Crippen LogP contribution in [0, 0.1) is 13.8 Å². The van der Waals surface area contributed by atoms with Gasteiger partial charge < -0.3 is 15.3 Å². The molecule has 0 saturated carbocycles. The first-order valence-electron chi connectivity index (χ1n) is 7.92. The molecule has 0 spiro atoms. The van der Waals surface area contributed by atoms with Gasteiger partial charge in [0.25, 0.3) is 0 Å². The lowest BCUT2D eigenvalue weighted by Gasteiger charge is -2.31. The van der Waals surface area contributed by atoms with Crippen molar-refractivity contribution in [3.63, 3.8) is 0 Å². The zero-order valence-electron chi connectivity index (χ0n) is 14.0. The maximum Gasteiger partial charge on any atom is 0.408 e. The number of urea groups is 1. The summed E-state index contributed by atoms with van der Waals surface area (Å²) >= 11 is 0. The SMILES string of the molecule is Cc1nn(CC(F)(F)F)c(C)c1[C@H](C)NC(=O)N1CCC[C@H](O)C1. The Morgan fingerprint density at radius 3 is 2.71 bits per heavy atom. The molecule has 1 aliphatic rings. The Kier molecular flexibility index (Phi) is 5.42. The fourth-order valence-corrected chi connectivity index (χ4v) is 3.15. The minimum Gasteiger partial charge on any atom is -0.391 e. The molecule has 6 nitrogen and oxygen atoms in total. The number of amides is 2. The van der Waals surface area contributed by atoms with Crippen molar-refractivity contribution in [3.8, 4) is 0 Å². The zero-order chi connectivity index (χ0) is 18.1. The zero-order valence-corrected chi connectivity index (χ0v) is 14.0. The topological polar surface area (TPSA) is 70.4 Å². The molecule has 1 fully saturated rings. The third-order valence-electron chi connectivity index (χ3n) is 4.22. The van der Waals surface area contributed by atoms with E-state index in [0.717, 1.165) is 11.1 Å². The predicted molar refractivity (Wildman–Crippen MR) is 81.5 cm³/mol. The molecule has 1 aromatic rings. The van der Waals surface area contributed by atoms with Crippen molar-refractivity contribution < 1.29 is 23.1 Å². The van der Waals surface area contributed by atoms with Crippen molar-refractivity contribution in [2.45, 2.75) is 58.5 Å². The molecule has 0 radical (unpaired) electrons. The summed E-state index contributed by atoms with van der Waals surface area (Å²) in [6.07, 6.45) is -3.48. The van der Waals surface area contributed by atoms with E-state index in [1.807, 2.05) is 0 Å². The molecule has 2 rings (SSSR count). The molecule has 9 heteroatoms. The van der Waals surface area contributed by atoms with E-state index < -0.39 is 24.9 Å². The van der Waals surface area contributed by atoms with Crippen molar-refractivity contribution in [2.75, 3.05) is 13.1 Å². The van der Waals surface area contributed by atoms with Gasteiger partial charge in [0.1, 0.15) is 6.54 Å². The highest BCUT2D eigenvalue weighted by atomic mass is 19.4. The number of halogens is 3. The predicted octanol–water partition coefficient (Wildman–Crippen LogP) is 2.29. The summed E-state index contributed by atoms with van der Waals surface area (Å²) in [6.45, 7) is 4.58. The van der Waals surface area contributed by atoms with Crippen molar-refractivity contribution in [3.05, 3.63) is 17.0 Å². The van der Waals surface area contributed by atoms with Gasteiger partial charge in [-0.2, -0.15) is 18.3 Å². The van der Waals surface area contributed by atoms with Crippen LogP contribution in [0.2, 0.25) is 0 Å². The van der Waals surface area contributed by atoms with E-state index in [-0.39, 0.29) is 12.6 Å². The number of aryl methyl sites for hydroxylation is 1. The Morgan fingerprint density at radius 2 is 2.12 bits per heavy atom. The quantitative estimate of drug-likeness (QED) is 0.880. The van der Waals surface area contributed by atoms with Crippen molar-refractivity contribution in [2.24, 2.45) is 0 Å². The van der Waals surface area contributed by atoms with Gasteiger partial charge in [0.15, 0.2) is 0 Å². The number of β-amino-alcohol motifs (C(OH)–C–C–N with tert-alkyl or cyclic N) is 1. The molecule has 1 aliphatic heterocycles. The number of aliphatic hydroxyl groups excluding tert-OH is 1. The van der Waals surface area contributed by atoms with Gasteiger partial charge in [-0.3, -0.25) is 4.68 Å². The van der Waals surface area contributed by atoms with E-state index in [1.54, 1.807) is 20.8 Å². The third-order valence-corrected chi connectivity index (χ3v) is 4.22. The van der Waals surface area contributed by atoms with E-state index in [4.69, 9.17) is 0 Å². The van der Waals surface area contributed by atoms with Crippen LogP contribution in [0.5, 0.6) is 0 Å². The molecule has 1 saturated heterocycles. The lowest BCUT2D eigenvalue weighted by Crippen LogP contribution is -2.47. The van der Waals surface area contributed by atoms with Crippen molar-refractivity contribution >= 4 is 6.03 Å². The molecule has 24 heavy (non-hydrogen) atoms. The molecule has 2 amide bonds. The standard InChI is InChI=1S/C15H23F3N4O2/c1-9(19-14(24)21-6-4-5-12(23)7-21)13-10(2)20-22(11(13)3)8-15(16,17)18/h9,12,23H,4-8H2,1-3H3,(H,19,24)/t9-,12-/m0/s1. The normalized spacial score (nSPS) is 20.1. The Bertz CT molecular complexity index is 600. The summed E-state index contributed by atoms with van der Waals surface area (Å²) in [5.41, 5.74) is 1.43. The molecule has 0 bridgehead atoms. The number of aromatic nitrogens is 2. The molecule has 2 N–H and O–H groups in total. The number of hydrogen-bond donors (Lipinski definition) is 2. The molecule has 0 aliphatic carbocycles. The second-order valence-electron chi connectivity index (χ2n) is 6.27. The molecule has 0 unspecified atom stereocenters. The molecule has 2 heterocycles. The number of carbonyl (C=O) groups excluding carboxylic acids is 1. The van der Waals surface area contributed by atoms with Crippen LogP contribution < -0.4 is 5.32 Å². The number of aliphatic hydroxyl groups is 1. The fourth-order valence-electron chi connectivity index (χ4n) is 3.15. The largest absolute Gasteiger partial charge is 0.408 e. The summed E-state index contributed by atoms with van der Waals surface area (Å²) in [4.78, 5) is 13.8. The smallest absolute Gasteiger partial charge is 0.391 e. The summed E-state index contributed by atoms with van der Waals surface area (Å²) in [7, 11) is 0. The van der Waals surface area contributed by atoms with Crippen LogP contribution in [-0.4, -0.2) is 51.2 Å². The highest BCUT2D eigenvalue weighted by Gasteiger charge is 2.31. The maximum absolute atomic E-state index is 12.6. The Hall–Kier alpha value is -1.77. The maximum atomic E-state index is 12.6. The number of nitrogens with zero attached hydrogens (tertiary/aromatic N) is 3. The number of hydrogen-bond acceptors (Lipinski definition) is 3. The van der Waals surface area contributed by atoms with E-state index >= 15 is 0 Å². The van der Waals surface area contributed by atoms with Gasteiger partial charge in [-0.1, -0.05) is 0 Å². The third kappa shape index (κ3) is 4.40. The minimum atomic E-state index is -4.35. The number of nitrogens with one attached hydrogen (secondary N) is 1. The van der Waals surface area contributed by atoms with Crippen molar-refractivity contribution in [1.29, 1.82) is 0 Å². The first-order valence-corrected chi connectivity index (χ1v) is 7.92. The lowest BCUT2D eigenvalue weighted by molar-refractivity contribution is -0.143. The van der Waals surface area contributed by atoms with Crippen LogP contribution in [0.15, 0.2) is 0 Å².